The highest BCUT2D eigenvalue weighted by molar-refractivity contribution is 6.03. The van der Waals surface area contributed by atoms with Crippen LogP contribution in [0.25, 0.3) is 0 Å². The van der Waals surface area contributed by atoms with Crippen LogP contribution in [-0.4, -0.2) is 24.9 Å². The number of anilines is 1. The highest BCUT2D eigenvalue weighted by atomic mass is 16.5. The molecule has 0 fully saturated rings. The first-order valence-electron chi connectivity index (χ1n) is 8.36. The van der Waals surface area contributed by atoms with Crippen molar-refractivity contribution in [3.63, 3.8) is 0 Å². The second-order valence-electron chi connectivity index (χ2n) is 5.48. The molecular formula is C20H23NO4. The van der Waals surface area contributed by atoms with Crippen LogP contribution in [0.3, 0.4) is 0 Å². The summed E-state index contributed by atoms with van der Waals surface area (Å²) >= 11 is 0. The molecule has 0 atom stereocenters. The molecule has 1 amide bonds. The molecule has 0 saturated carbocycles. The molecule has 0 unspecified atom stereocenters. The van der Waals surface area contributed by atoms with Crippen molar-refractivity contribution in [1.82, 2.24) is 0 Å². The Morgan fingerprint density at radius 1 is 0.960 bits per heavy atom. The van der Waals surface area contributed by atoms with E-state index < -0.39 is 0 Å². The summed E-state index contributed by atoms with van der Waals surface area (Å²) in [4.78, 5) is 23.6. The van der Waals surface area contributed by atoms with E-state index in [0.29, 0.717) is 48.8 Å². The minimum atomic E-state index is -0.143. The molecular weight excluding hydrogens is 318 g/mol. The molecule has 0 spiro atoms. The normalized spacial score (nSPS) is 10.2. The Labute approximate surface area is 148 Å². The van der Waals surface area contributed by atoms with Crippen molar-refractivity contribution in [3.8, 4) is 11.5 Å². The third-order valence-electron chi connectivity index (χ3n) is 3.54. The highest BCUT2D eigenvalue weighted by Gasteiger charge is 2.10. The number of hydrogen-bond acceptors (Lipinski definition) is 4. The lowest BCUT2D eigenvalue weighted by Crippen LogP contribution is -2.15. The Hall–Kier alpha value is -2.82. The largest absolute Gasteiger partial charge is 0.490 e. The molecule has 5 nitrogen and oxygen atoms in total. The van der Waals surface area contributed by atoms with Crippen molar-refractivity contribution in [2.45, 2.75) is 26.7 Å². The minimum absolute atomic E-state index is 0.0771. The second-order valence-corrected chi connectivity index (χ2v) is 5.48. The molecule has 0 aliphatic heterocycles. The summed E-state index contributed by atoms with van der Waals surface area (Å²) < 4.78 is 11.2. The maximum Gasteiger partial charge on any atom is 0.224 e. The zero-order chi connectivity index (χ0) is 18.1. The number of para-hydroxylation sites is 3. The summed E-state index contributed by atoms with van der Waals surface area (Å²) in [6, 6.07) is 14.4. The summed E-state index contributed by atoms with van der Waals surface area (Å²) in [5.74, 6) is 1.15. The van der Waals surface area contributed by atoms with Gasteiger partial charge in [-0.05, 0) is 44.5 Å². The van der Waals surface area contributed by atoms with Crippen molar-refractivity contribution in [2.75, 3.05) is 18.5 Å². The number of carbonyl (C=O) groups excluding carboxylic acids is 2. The average Bonchev–Trinajstić information content (AvgIpc) is 2.60. The SMILES string of the molecule is CCOc1ccccc1OCCCC(=O)Nc1ccccc1C(C)=O. The number of amides is 1. The van der Waals surface area contributed by atoms with Crippen molar-refractivity contribution in [3.05, 3.63) is 54.1 Å². The van der Waals surface area contributed by atoms with Crippen molar-refractivity contribution in [1.29, 1.82) is 0 Å². The zero-order valence-corrected chi connectivity index (χ0v) is 14.6. The van der Waals surface area contributed by atoms with Gasteiger partial charge in [-0.1, -0.05) is 24.3 Å². The quantitative estimate of drug-likeness (QED) is 0.551. The first-order chi connectivity index (χ1) is 12.1. The lowest BCUT2D eigenvalue weighted by atomic mass is 10.1. The molecule has 1 N–H and O–H groups in total. The number of ketones is 1. The van der Waals surface area contributed by atoms with Gasteiger partial charge in [0.05, 0.1) is 18.9 Å². The van der Waals surface area contributed by atoms with E-state index in [-0.39, 0.29) is 11.7 Å². The van der Waals surface area contributed by atoms with Gasteiger partial charge in [-0.3, -0.25) is 9.59 Å². The minimum Gasteiger partial charge on any atom is -0.490 e. The van der Waals surface area contributed by atoms with Crippen molar-refractivity contribution < 1.29 is 19.1 Å². The van der Waals surface area contributed by atoms with E-state index in [1.807, 2.05) is 31.2 Å². The molecule has 0 aromatic heterocycles. The number of carbonyl (C=O) groups is 2. The smallest absolute Gasteiger partial charge is 0.224 e. The van der Waals surface area contributed by atoms with E-state index in [4.69, 9.17) is 9.47 Å². The monoisotopic (exact) mass is 341 g/mol. The van der Waals surface area contributed by atoms with E-state index in [1.54, 1.807) is 24.3 Å². The molecule has 2 aromatic rings. The van der Waals surface area contributed by atoms with Crippen LogP contribution in [0.15, 0.2) is 48.5 Å². The van der Waals surface area contributed by atoms with Crippen LogP contribution >= 0.6 is 0 Å². The van der Waals surface area contributed by atoms with Gasteiger partial charge in [0.1, 0.15) is 0 Å². The molecule has 0 aliphatic rings. The first-order valence-corrected chi connectivity index (χ1v) is 8.36. The molecule has 0 bridgehead atoms. The van der Waals surface area contributed by atoms with E-state index in [2.05, 4.69) is 5.32 Å². The fourth-order valence-electron chi connectivity index (χ4n) is 2.37. The molecule has 132 valence electrons. The Morgan fingerprint density at radius 2 is 1.60 bits per heavy atom. The van der Waals surface area contributed by atoms with E-state index in [1.165, 1.54) is 6.92 Å². The van der Waals surface area contributed by atoms with Gasteiger partial charge < -0.3 is 14.8 Å². The maximum atomic E-state index is 12.1. The molecule has 25 heavy (non-hydrogen) atoms. The Morgan fingerprint density at radius 3 is 2.28 bits per heavy atom. The predicted molar refractivity (Wildman–Crippen MR) is 97.4 cm³/mol. The predicted octanol–water partition coefficient (Wildman–Crippen LogP) is 4.09. The van der Waals surface area contributed by atoms with Crippen molar-refractivity contribution >= 4 is 17.4 Å². The Bertz CT molecular complexity index is 727. The molecule has 0 saturated heterocycles. The molecule has 2 rings (SSSR count). The van der Waals surface area contributed by atoms with Crippen LogP contribution in [0, 0.1) is 0 Å². The van der Waals surface area contributed by atoms with Gasteiger partial charge in [0, 0.05) is 12.0 Å². The van der Waals surface area contributed by atoms with Gasteiger partial charge in [0.2, 0.25) is 5.91 Å². The first kappa shape index (κ1) is 18.5. The van der Waals surface area contributed by atoms with E-state index in [0.717, 1.165) is 0 Å². The second kappa shape index (κ2) is 9.47. The number of rotatable bonds is 9. The van der Waals surface area contributed by atoms with Gasteiger partial charge >= 0.3 is 0 Å². The standard InChI is InChI=1S/C20H23NO4/c1-3-24-18-11-6-7-12-19(18)25-14-8-13-20(23)21-17-10-5-4-9-16(17)15(2)22/h4-7,9-12H,3,8,13-14H2,1-2H3,(H,21,23). The number of nitrogens with one attached hydrogen (secondary N) is 1. The summed E-state index contributed by atoms with van der Waals surface area (Å²) in [5.41, 5.74) is 1.06. The molecule has 2 aromatic carbocycles. The summed E-state index contributed by atoms with van der Waals surface area (Å²) in [6.45, 7) is 4.37. The third-order valence-corrected chi connectivity index (χ3v) is 3.54. The van der Waals surface area contributed by atoms with Gasteiger partial charge in [-0.2, -0.15) is 0 Å². The number of hydrogen-bond donors (Lipinski definition) is 1. The maximum absolute atomic E-state index is 12.1. The number of Topliss-reactive ketones (excluding diaryl/α,β-unsaturated/α-hetero) is 1. The molecule has 0 heterocycles. The van der Waals surface area contributed by atoms with Crippen LogP contribution in [0.1, 0.15) is 37.0 Å². The Balaban J connectivity index is 1.81. The highest BCUT2D eigenvalue weighted by Crippen LogP contribution is 2.26. The summed E-state index contributed by atoms with van der Waals surface area (Å²) in [5, 5.41) is 2.78. The molecule has 0 aliphatic carbocycles. The third kappa shape index (κ3) is 5.64. The van der Waals surface area contributed by atoms with E-state index in [9.17, 15) is 9.59 Å². The van der Waals surface area contributed by atoms with Gasteiger partial charge in [-0.15, -0.1) is 0 Å². The topological polar surface area (TPSA) is 64.6 Å². The van der Waals surface area contributed by atoms with Crippen LogP contribution in [0.4, 0.5) is 5.69 Å². The Kier molecular flexibility index (Phi) is 7.01. The fraction of sp³-hybridized carbons (Fsp3) is 0.300. The van der Waals surface area contributed by atoms with Crippen LogP contribution in [0.2, 0.25) is 0 Å². The van der Waals surface area contributed by atoms with E-state index >= 15 is 0 Å². The average molecular weight is 341 g/mol. The molecule has 0 radical (unpaired) electrons. The number of ether oxygens (including phenoxy) is 2. The summed E-state index contributed by atoms with van der Waals surface area (Å²) in [6.07, 6.45) is 0.873. The zero-order valence-electron chi connectivity index (χ0n) is 14.6. The lowest BCUT2D eigenvalue weighted by Gasteiger charge is -2.12. The van der Waals surface area contributed by atoms with Gasteiger partial charge in [0.25, 0.3) is 0 Å². The summed E-state index contributed by atoms with van der Waals surface area (Å²) in [7, 11) is 0. The van der Waals surface area contributed by atoms with Gasteiger partial charge in [-0.25, -0.2) is 0 Å². The lowest BCUT2D eigenvalue weighted by molar-refractivity contribution is -0.116. The van der Waals surface area contributed by atoms with Crippen LogP contribution in [-0.2, 0) is 4.79 Å². The van der Waals surface area contributed by atoms with Crippen molar-refractivity contribution in [2.24, 2.45) is 0 Å². The van der Waals surface area contributed by atoms with Crippen LogP contribution < -0.4 is 14.8 Å². The molecule has 5 heteroatoms. The van der Waals surface area contributed by atoms with Crippen LogP contribution in [0.5, 0.6) is 11.5 Å². The van der Waals surface area contributed by atoms with Gasteiger partial charge in [0.15, 0.2) is 17.3 Å². The fourth-order valence-corrected chi connectivity index (χ4v) is 2.37. The number of benzene rings is 2.